The average Bonchev–Trinajstić information content (AvgIpc) is 2.63. The fraction of sp³-hybridized carbons (Fsp3) is 0.421. The Kier molecular flexibility index (Phi) is 5.57. The highest BCUT2D eigenvalue weighted by Gasteiger charge is 2.44. The van der Waals surface area contributed by atoms with Crippen molar-refractivity contribution in [2.45, 2.75) is 13.8 Å². The SMILES string of the molecule is C/C=C(/NN1CCN(C)CC1)[C@@H]1C(=O)NC(=O)N(c2ccccc2C)C1=O. The van der Waals surface area contributed by atoms with Gasteiger partial charge in [0, 0.05) is 31.9 Å². The number of hydrazine groups is 1. The lowest BCUT2D eigenvalue weighted by Gasteiger charge is -2.37. The minimum absolute atomic E-state index is 0.479. The van der Waals surface area contributed by atoms with Crippen molar-refractivity contribution in [2.24, 2.45) is 5.92 Å². The van der Waals surface area contributed by atoms with E-state index in [2.05, 4.69) is 22.7 Å². The van der Waals surface area contributed by atoms with E-state index >= 15 is 0 Å². The van der Waals surface area contributed by atoms with Crippen LogP contribution >= 0.6 is 0 Å². The van der Waals surface area contributed by atoms with Crippen LogP contribution in [0.15, 0.2) is 36.0 Å². The smallest absolute Gasteiger partial charge is 0.322 e. The lowest BCUT2D eigenvalue weighted by molar-refractivity contribution is -0.133. The number of aryl methyl sites for hydroxylation is 1. The van der Waals surface area contributed by atoms with E-state index in [9.17, 15) is 14.4 Å². The Morgan fingerprint density at radius 3 is 2.44 bits per heavy atom. The van der Waals surface area contributed by atoms with Crippen LogP contribution in [0.2, 0.25) is 0 Å². The molecule has 4 amide bonds. The van der Waals surface area contributed by atoms with E-state index in [0.29, 0.717) is 11.4 Å². The second-order valence-electron chi connectivity index (χ2n) is 6.83. The van der Waals surface area contributed by atoms with Crippen LogP contribution < -0.4 is 15.6 Å². The first kappa shape index (κ1) is 19.1. The van der Waals surface area contributed by atoms with Crippen molar-refractivity contribution in [3.63, 3.8) is 0 Å². The molecule has 0 bridgehead atoms. The van der Waals surface area contributed by atoms with Gasteiger partial charge >= 0.3 is 6.03 Å². The Morgan fingerprint density at radius 2 is 1.81 bits per heavy atom. The number of imide groups is 2. The van der Waals surface area contributed by atoms with E-state index in [4.69, 9.17) is 0 Å². The molecule has 8 nitrogen and oxygen atoms in total. The predicted molar refractivity (Wildman–Crippen MR) is 102 cm³/mol. The average molecular weight is 371 g/mol. The third-order valence-corrected chi connectivity index (χ3v) is 4.93. The summed E-state index contributed by atoms with van der Waals surface area (Å²) in [5, 5.41) is 4.30. The number of hydrogen-bond acceptors (Lipinski definition) is 6. The van der Waals surface area contributed by atoms with Gasteiger partial charge in [-0.05, 0) is 32.5 Å². The molecular formula is C19H25N5O3. The number of rotatable bonds is 4. The number of hydrogen-bond donors (Lipinski definition) is 2. The van der Waals surface area contributed by atoms with Crippen molar-refractivity contribution in [1.29, 1.82) is 0 Å². The zero-order valence-electron chi connectivity index (χ0n) is 15.9. The number of nitrogens with zero attached hydrogens (tertiary/aromatic N) is 3. The van der Waals surface area contributed by atoms with Crippen LogP contribution in [-0.4, -0.2) is 61.0 Å². The number of amides is 4. The molecule has 1 atom stereocenters. The summed E-state index contributed by atoms with van der Waals surface area (Å²) >= 11 is 0. The third-order valence-electron chi connectivity index (χ3n) is 4.93. The van der Waals surface area contributed by atoms with E-state index in [1.165, 1.54) is 0 Å². The molecule has 27 heavy (non-hydrogen) atoms. The van der Waals surface area contributed by atoms with Crippen molar-refractivity contribution in [2.75, 3.05) is 38.1 Å². The number of urea groups is 1. The number of para-hydroxylation sites is 1. The van der Waals surface area contributed by atoms with Crippen molar-refractivity contribution >= 4 is 23.5 Å². The summed E-state index contributed by atoms with van der Waals surface area (Å²) in [6.45, 7) is 6.92. The number of carbonyl (C=O) groups excluding carboxylic acids is 3. The van der Waals surface area contributed by atoms with Crippen LogP contribution in [0.1, 0.15) is 12.5 Å². The summed E-state index contributed by atoms with van der Waals surface area (Å²) in [6, 6.07) is 6.39. The molecule has 0 aliphatic carbocycles. The van der Waals surface area contributed by atoms with Gasteiger partial charge in [0.2, 0.25) is 5.91 Å². The summed E-state index contributed by atoms with van der Waals surface area (Å²) in [5.74, 6) is -2.25. The normalized spacial score (nSPS) is 22.8. The number of carbonyl (C=O) groups is 3. The van der Waals surface area contributed by atoms with Gasteiger partial charge in [-0.3, -0.25) is 14.9 Å². The fourth-order valence-electron chi connectivity index (χ4n) is 3.29. The number of piperazine rings is 1. The number of anilines is 1. The monoisotopic (exact) mass is 371 g/mol. The van der Waals surface area contributed by atoms with Crippen LogP contribution in [0.25, 0.3) is 0 Å². The Labute approximate surface area is 158 Å². The second-order valence-corrected chi connectivity index (χ2v) is 6.83. The van der Waals surface area contributed by atoms with Gasteiger partial charge in [-0.2, -0.15) is 0 Å². The molecule has 0 unspecified atom stereocenters. The zero-order chi connectivity index (χ0) is 19.6. The Balaban J connectivity index is 1.85. The highest BCUT2D eigenvalue weighted by molar-refractivity contribution is 6.29. The first-order valence-electron chi connectivity index (χ1n) is 9.03. The molecule has 2 aliphatic rings. The summed E-state index contributed by atoms with van der Waals surface area (Å²) in [7, 11) is 2.05. The maximum atomic E-state index is 13.1. The molecule has 2 aliphatic heterocycles. The Hall–Kier alpha value is -2.71. The van der Waals surface area contributed by atoms with Crippen LogP contribution in [0.3, 0.4) is 0 Å². The molecule has 0 radical (unpaired) electrons. The lowest BCUT2D eigenvalue weighted by Crippen LogP contribution is -2.61. The van der Waals surface area contributed by atoms with Crippen molar-refractivity contribution < 1.29 is 14.4 Å². The topological polar surface area (TPSA) is 85.0 Å². The van der Waals surface area contributed by atoms with Gasteiger partial charge in [-0.25, -0.2) is 14.7 Å². The molecule has 2 fully saturated rings. The fourth-order valence-corrected chi connectivity index (χ4v) is 3.29. The standard InChI is InChI=1S/C19H25N5O3/c1-4-14(21-23-11-9-22(3)10-12-23)16-17(25)20-19(27)24(18(16)26)15-8-6-5-7-13(15)2/h4-8,16,21H,9-12H2,1-3H3,(H,20,25,27)/b14-4+/t16-/m1/s1. The summed E-state index contributed by atoms with van der Waals surface area (Å²) in [4.78, 5) is 41.2. The molecule has 2 heterocycles. The molecule has 8 heteroatoms. The molecule has 2 saturated heterocycles. The molecule has 1 aromatic carbocycles. The van der Waals surface area contributed by atoms with Gasteiger partial charge in [0.25, 0.3) is 5.91 Å². The van der Waals surface area contributed by atoms with Crippen LogP contribution in [0.4, 0.5) is 10.5 Å². The summed E-state index contributed by atoms with van der Waals surface area (Å²) in [5.41, 5.74) is 4.95. The van der Waals surface area contributed by atoms with Crippen LogP contribution in [0.5, 0.6) is 0 Å². The molecule has 2 N–H and O–H groups in total. The minimum atomic E-state index is -1.09. The van der Waals surface area contributed by atoms with Crippen molar-refractivity contribution in [3.05, 3.63) is 41.6 Å². The Morgan fingerprint density at radius 1 is 1.15 bits per heavy atom. The van der Waals surface area contributed by atoms with Crippen LogP contribution in [-0.2, 0) is 9.59 Å². The maximum Gasteiger partial charge on any atom is 0.335 e. The van der Waals surface area contributed by atoms with E-state index in [0.717, 1.165) is 36.6 Å². The number of allylic oxidation sites excluding steroid dienone is 1. The van der Waals surface area contributed by atoms with E-state index in [1.807, 2.05) is 24.1 Å². The molecular weight excluding hydrogens is 346 g/mol. The van der Waals surface area contributed by atoms with Gasteiger partial charge in [0.1, 0.15) is 0 Å². The molecule has 144 valence electrons. The van der Waals surface area contributed by atoms with Gasteiger partial charge in [-0.1, -0.05) is 24.3 Å². The predicted octanol–water partition coefficient (Wildman–Crippen LogP) is 0.850. The van der Waals surface area contributed by atoms with Crippen molar-refractivity contribution in [3.8, 4) is 0 Å². The summed E-state index contributed by atoms with van der Waals surface area (Å²) < 4.78 is 0. The van der Waals surface area contributed by atoms with Gasteiger partial charge in [0.15, 0.2) is 5.92 Å². The van der Waals surface area contributed by atoms with Gasteiger partial charge in [0.05, 0.1) is 5.69 Å². The molecule has 0 saturated carbocycles. The van der Waals surface area contributed by atoms with Crippen LogP contribution in [0, 0.1) is 12.8 Å². The highest BCUT2D eigenvalue weighted by Crippen LogP contribution is 2.26. The largest absolute Gasteiger partial charge is 0.335 e. The quantitative estimate of drug-likeness (QED) is 0.764. The van der Waals surface area contributed by atoms with E-state index in [1.54, 1.807) is 25.1 Å². The third kappa shape index (κ3) is 3.86. The molecule has 0 spiro atoms. The van der Waals surface area contributed by atoms with Crippen molar-refractivity contribution in [1.82, 2.24) is 20.7 Å². The van der Waals surface area contributed by atoms with E-state index in [-0.39, 0.29) is 0 Å². The second kappa shape index (κ2) is 7.89. The maximum absolute atomic E-state index is 13.1. The first-order chi connectivity index (χ1) is 12.9. The Bertz CT molecular complexity index is 783. The molecule has 0 aromatic heterocycles. The number of nitrogens with one attached hydrogen (secondary N) is 2. The number of barbiturate groups is 1. The number of benzene rings is 1. The molecule has 1 aromatic rings. The first-order valence-corrected chi connectivity index (χ1v) is 9.03. The number of likely N-dealkylation sites (N-methyl/N-ethyl adjacent to an activating group) is 1. The van der Waals surface area contributed by atoms with Gasteiger partial charge < -0.3 is 10.3 Å². The molecule has 3 rings (SSSR count). The van der Waals surface area contributed by atoms with E-state index < -0.39 is 23.8 Å². The minimum Gasteiger partial charge on any atom is -0.322 e. The highest BCUT2D eigenvalue weighted by atomic mass is 16.2. The lowest BCUT2D eigenvalue weighted by atomic mass is 9.99. The summed E-state index contributed by atoms with van der Waals surface area (Å²) in [6.07, 6.45) is 1.71. The van der Waals surface area contributed by atoms with Gasteiger partial charge in [-0.15, -0.1) is 0 Å². The zero-order valence-corrected chi connectivity index (χ0v) is 15.9.